The highest BCUT2D eigenvalue weighted by atomic mass is 16.2. The predicted octanol–water partition coefficient (Wildman–Crippen LogP) is 1.69. The van der Waals surface area contributed by atoms with Crippen molar-refractivity contribution in [1.82, 2.24) is 0 Å². The van der Waals surface area contributed by atoms with Crippen LogP contribution in [0.2, 0.25) is 0 Å². The van der Waals surface area contributed by atoms with Crippen molar-refractivity contribution < 1.29 is 9.59 Å². The average Bonchev–Trinajstić information content (AvgIpc) is 2.78. The van der Waals surface area contributed by atoms with Crippen LogP contribution in [0, 0.1) is 11.8 Å². The summed E-state index contributed by atoms with van der Waals surface area (Å²) in [5.41, 5.74) is 5.77. The van der Waals surface area contributed by atoms with Gasteiger partial charge in [0, 0.05) is 5.92 Å². The van der Waals surface area contributed by atoms with E-state index in [1.807, 2.05) is 13.8 Å². The van der Waals surface area contributed by atoms with Gasteiger partial charge in [-0.2, -0.15) is 0 Å². The fraction of sp³-hybridized carbons (Fsp3) is 0.833. The average molecular weight is 211 g/mol. The zero-order valence-electron chi connectivity index (χ0n) is 9.66. The van der Waals surface area contributed by atoms with Gasteiger partial charge in [0.05, 0.1) is 6.04 Å². The maximum absolute atomic E-state index is 11.8. The van der Waals surface area contributed by atoms with Crippen LogP contribution < -0.4 is 5.73 Å². The summed E-state index contributed by atoms with van der Waals surface area (Å²) in [6.07, 6.45) is 4.73. The van der Waals surface area contributed by atoms with Gasteiger partial charge >= 0.3 is 0 Å². The molecule has 0 aromatic rings. The van der Waals surface area contributed by atoms with E-state index in [1.54, 1.807) is 0 Å². The fourth-order valence-corrected chi connectivity index (χ4v) is 2.07. The second-order valence-electron chi connectivity index (χ2n) is 4.62. The Morgan fingerprint density at radius 2 is 1.87 bits per heavy atom. The predicted molar refractivity (Wildman–Crippen MR) is 59.4 cm³/mol. The Morgan fingerprint density at radius 3 is 2.33 bits per heavy atom. The minimum atomic E-state index is -0.594. The first kappa shape index (κ1) is 12.4. The van der Waals surface area contributed by atoms with Crippen molar-refractivity contribution in [2.24, 2.45) is 17.6 Å². The molecule has 1 aliphatic carbocycles. The molecule has 0 radical (unpaired) electrons. The zero-order chi connectivity index (χ0) is 11.4. The second-order valence-corrected chi connectivity index (χ2v) is 4.62. The van der Waals surface area contributed by atoms with Crippen LogP contribution in [-0.4, -0.2) is 17.6 Å². The Morgan fingerprint density at radius 1 is 1.33 bits per heavy atom. The molecule has 3 nitrogen and oxygen atoms in total. The molecule has 0 saturated heterocycles. The number of nitrogens with two attached hydrogens (primary N) is 1. The molecule has 1 saturated carbocycles. The van der Waals surface area contributed by atoms with Crippen LogP contribution in [0.3, 0.4) is 0 Å². The molecule has 2 atom stereocenters. The minimum absolute atomic E-state index is 0.0346. The van der Waals surface area contributed by atoms with E-state index in [-0.39, 0.29) is 23.4 Å². The summed E-state index contributed by atoms with van der Waals surface area (Å²) in [7, 11) is 0. The third-order valence-corrected chi connectivity index (χ3v) is 3.53. The molecule has 86 valence electrons. The van der Waals surface area contributed by atoms with E-state index in [0.717, 1.165) is 32.1 Å². The molecule has 0 bridgehead atoms. The normalized spacial score (nSPS) is 21.3. The van der Waals surface area contributed by atoms with E-state index in [2.05, 4.69) is 0 Å². The van der Waals surface area contributed by atoms with Gasteiger partial charge in [0.15, 0.2) is 0 Å². The maximum atomic E-state index is 11.8. The number of Topliss-reactive ketones (excluding diaryl/α,β-unsaturated/α-hetero) is 2. The highest BCUT2D eigenvalue weighted by Crippen LogP contribution is 2.26. The summed E-state index contributed by atoms with van der Waals surface area (Å²) < 4.78 is 0. The molecule has 2 N–H and O–H groups in total. The van der Waals surface area contributed by atoms with Gasteiger partial charge in [0.1, 0.15) is 0 Å². The van der Waals surface area contributed by atoms with Crippen molar-refractivity contribution in [1.29, 1.82) is 0 Å². The second kappa shape index (κ2) is 5.40. The van der Waals surface area contributed by atoms with Crippen molar-refractivity contribution in [2.45, 2.75) is 52.0 Å². The van der Waals surface area contributed by atoms with Gasteiger partial charge in [-0.1, -0.05) is 33.1 Å². The first-order valence-corrected chi connectivity index (χ1v) is 5.91. The molecule has 0 spiro atoms. The summed E-state index contributed by atoms with van der Waals surface area (Å²) in [6.45, 7) is 3.91. The molecule has 0 aromatic heterocycles. The third kappa shape index (κ3) is 2.88. The lowest BCUT2D eigenvalue weighted by Crippen LogP contribution is -2.42. The molecule has 15 heavy (non-hydrogen) atoms. The van der Waals surface area contributed by atoms with E-state index >= 15 is 0 Å². The summed E-state index contributed by atoms with van der Waals surface area (Å²) in [4.78, 5) is 23.5. The van der Waals surface area contributed by atoms with Crippen LogP contribution >= 0.6 is 0 Å². The summed E-state index contributed by atoms with van der Waals surface area (Å²) in [5.74, 6) is -0.507. The third-order valence-electron chi connectivity index (χ3n) is 3.53. The van der Waals surface area contributed by atoms with Crippen LogP contribution in [0.25, 0.3) is 0 Å². The Bertz CT molecular complexity index is 244. The Labute approximate surface area is 91.4 Å². The molecule has 0 unspecified atom stereocenters. The minimum Gasteiger partial charge on any atom is -0.321 e. The number of carbonyl (C=O) groups is 2. The molecule has 1 aliphatic rings. The van der Waals surface area contributed by atoms with Crippen molar-refractivity contribution >= 4 is 11.6 Å². The van der Waals surface area contributed by atoms with Gasteiger partial charge in [-0.05, 0) is 18.8 Å². The first-order chi connectivity index (χ1) is 7.07. The summed E-state index contributed by atoms with van der Waals surface area (Å²) in [6, 6.07) is -0.594. The van der Waals surface area contributed by atoms with E-state index in [4.69, 9.17) is 5.73 Å². The van der Waals surface area contributed by atoms with E-state index in [1.165, 1.54) is 0 Å². The number of hydrogen-bond donors (Lipinski definition) is 1. The smallest absolute Gasteiger partial charge is 0.215 e. The van der Waals surface area contributed by atoms with E-state index in [9.17, 15) is 9.59 Å². The topological polar surface area (TPSA) is 60.2 Å². The van der Waals surface area contributed by atoms with Gasteiger partial charge in [-0.25, -0.2) is 0 Å². The molecule has 0 amide bonds. The van der Waals surface area contributed by atoms with Crippen LogP contribution in [-0.2, 0) is 9.59 Å². The quantitative estimate of drug-likeness (QED) is 0.704. The van der Waals surface area contributed by atoms with Gasteiger partial charge in [0.25, 0.3) is 0 Å². The summed E-state index contributed by atoms with van der Waals surface area (Å²) in [5, 5.41) is 0. The fourth-order valence-electron chi connectivity index (χ4n) is 2.07. The molecule has 0 aliphatic heterocycles. The highest BCUT2D eigenvalue weighted by molar-refractivity contribution is 6.39. The van der Waals surface area contributed by atoms with Crippen molar-refractivity contribution in [3.8, 4) is 0 Å². The number of rotatable bonds is 5. The van der Waals surface area contributed by atoms with E-state index < -0.39 is 6.04 Å². The lowest BCUT2D eigenvalue weighted by molar-refractivity contribution is -0.140. The molecular formula is C12H21NO2. The molecule has 3 heteroatoms. The van der Waals surface area contributed by atoms with Gasteiger partial charge in [-0.15, -0.1) is 0 Å². The zero-order valence-corrected chi connectivity index (χ0v) is 9.66. The standard InChI is InChI=1S/C12H21NO2/c1-3-8(2)10(13)12(15)11(14)9-6-4-5-7-9/h8-10H,3-7,13H2,1-2H3/t8-,10-/m0/s1. The number of hydrogen-bond acceptors (Lipinski definition) is 3. The van der Waals surface area contributed by atoms with Gasteiger partial charge in [0.2, 0.25) is 11.6 Å². The molecule has 1 rings (SSSR count). The van der Waals surface area contributed by atoms with Crippen LogP contribution in [0.15, 0.2) is 0 Å². The lowest BCUT2D eigenvalue weighted by Gasteiger charge is -2.17. The molecular weight excluding hydrogens is 190 g/mol. The van der Waals surface area contributed by atoms with Gasteiger partial charge in [-0.3, -0.25) is 9.59 Å². The van der Waals surface area contributed by atoms with Gasteiger partial charge < -0.3 is 5.73 Å². The summed E-state index contributed by atoms with van der Waals surface area (Å²) >= 11 is 0. The van der Waals surface area contributed by atoms with Crippen molar-refractivity contribution in [3.63, 3.8) is 0 Å². The Balaban J connectivity index is 2.55. The van der Waals surface area contributed by atoms with Crippen LogP contribution in [0.1, 0.15) is 46.0 Å². The SMILES string of the molecule is CC[C@H](C)[C@H](N)C(=O)C(=O)C1CCCC1. The molecule has 0 aromatic carbocycles. The molecule has 1 fully saturated rings. The molecule has 0 heterocycles. The van der Waals surface area contributed by atoms with Crippen LogP contribution in [0.5, 0.6) is 0 Å². The lowest BCUT2D eigenvalue weighted by atomic mass is 9.89. The monoisotopic (exact) mass is 211 g/mol. The Kier molecular flexibility index (Phi) is 4.45. The number of carbonyl (C=O) groups excluding carboxylic acids is 2. The van der Waals surface area contributed by atoms with Crippen molar-refractivity contribution in [3.05, 3.63) is 0 Å². The maximum Gasteiger partial charge on any atom is 0.215 e. The number of ketones is 2. The highest BCUT2D eigenvalue weighted by Gasteiger charge is 2.32. The van der Waals surface area contributed by atoms with Crippen LogP contribution in [0.4, 0.5) is 0 Å². The first-order valence-electron chi connectivity index (χ1n) is 5.91. The Hall–Kier alpha value is -0.700. The van der Waals surface area contributed by atoms with E-state index in [0.29, 0.717) is 0 Å². The van der Waals surface area contributed by atoms with Crippen molar-refractivity contribution in [2.75, 3.05) is 0 Å². The largest absolute Gasteiger partial charge is 0.321 e.